The predicted octanol–water partition coefficient (Wildman–Crippen LogP) is 0.977. The first kappa shape index (κ1) is 13.8. The van der Waals surface area contributed by atoms with E-state index in [4.69, 9.17) is 0 Å². The van der Waals surface area contributed by atoms with E-state index >= 15 is 0 Å². The standard InChI is InChI=1S/C14H27N3O/c1-2-7-17-8-5-13(6-9-17)15-11-14(18)16-10-12-3-4-12/h12-13,15H,2-11H2,1H3,(H,16,18). The number of carbonyl (C=O) groups excluding carboxylic acids is 1. The van der Waals surface area contributed by atoms with Gasteiger partial charge in [-0.3, -0.25) is 4.79 Å². The van der Waals surface area contributed by atoms with E-state index in [0.717, 1.165) is 12.5 Å². The molecule has 0 bridgehead atoms. The molecule has 1 saturated heterocycles. The van der Waals surface area contributed by atoms with Crippen LogP contribution in [0.15, 0.2) is 0 Å². The summed E-state index contributed by atoms with van der Waals surface area (Å²) in [6.07, 6.45) is 6.18. The van der Waals surface area contributed by atoms with Crippen molar-refractivity contribution in [1.29, 1.82) is 0 Å². The number of hydrogen-bond acceptors (Lipinski definition) is 3. The van der Waals surface area contributed by atoms with Gasteiger partial charge in [0.25, 0.3) is 0 Å². The lowest BCUT2D eigenvalue weighted by atomic mass is 10.0. The number of piperidine rings is 1. The van der Waals surface area contributed by atoms with Gasteiger partial charge in [0.15, 0.2) is 0 Å². The predicted molar refractivity (Wildman–Crippen MR) is 73.5 cm³/mol. The molecule has 0 atom stereocenters. The van der Waals surface area contributed by atoms with Crippen molar-refractivity contribution in [2.45, 2.75) is 45.1 Å². The molecule has 1 aliphatic carbocycles. The number of carbonyl (C=O) groups is 1. The van der Waals surface area contributed by atoms with E-state index in [9.17, 15) is 4.79 Å². The van der Waals surface area contributed by atoms with Gasteiger partial charge in [0.2, 0.25) is 5.91 Å². The van der Waals surface area contributed by atoms with Crippen molar-refractivity contribution in [3.05, 3.63) is 0 Å². The smallest absolute Gasteiger partial charge is 0.233 e. The third-order valence-electron chi connectivity index (χ3n) is 3.96. The molecular formula is C14H27N3O. The highest BCUT2D eigenvalue weighted by Gasteiger charge is 2.22. The SMILES string of the molecule is CCCN1CCC(NCC(=O)NCC2CC2)CC1. The van der Waals surface area contributed by atoms with E-state index in [2.05, 4.69) is 22.5 Å². The van der Waals surface area contributed by atoms with Gasteiger partial charge in [-0.25, -0.2) is 0 Å². The summed E-state index contributed by atoms with van der Waals surface area (Å²) in [5.74, 6) is 0.934. The maximum atomic E-state index is 11.6. The summed E-state index contributed by atoms with van der Waals surface area (Å²) >= 11 is 0. The van der Waals surface area contributed by atoms with Crippen molar-refractivity contribution in [1.82, 2.24) is 15.5 Å². The molecule has 0 aromatic carbocycles. The van der Waals surface area contributed by atoms with Gasteiger partial charge >= 0.3 is 0 Å². The summed E-state index contributed by atoms with van der Waals surface area (Å²) < 4.78 is 0. The van der Waals surface area contributed by atoms with Crippen LogP contribution in [0.3, 0.4) is 0 Å². The molecule has 2 fully saturated rings. The second-order valence-corrected chi connectivity index (χ2v) is 5.74. The quantitative estimate of drug-likeness (QED) is 0.711. The Kier molecular flexibility index (Phi) is 5.45. The van der Waals surface area contributed by atoms with E-state index in [1.54, 1.807) is 0 Å². The van der Waals surface area contributed by atoms with Crippen LogP contribution in [0.2, 0.25) is 0 Å². The zero-order valence-corrected chi connectivity index (χ0v) is 11.6. The average molecular weight is 253 g/mol. The monoisotopic (exact) mass is 253 g/mol. The van der Waals surface area contributed by atoms with Crippen molar-refractivity contribution in [3.8, 4) is 0 Å². The summed E-state index contributed by atoms with van der Waals surface area (Å²) in [5.41, 5.74) is 0. The van der Waals surface area contributed by atoms with Crippen LogP contribution in [0.4, 0.5) is 0 Å². The molecule has 1 aliphatic heterocycles. The van der Waals surface area contributed by atoms with Gasteiger partial charge < -0.3 is 15.5 Å². The van der Waals surface area contributed by atoms with Crippen LogP contribution in [0.5, 0.6) is 0 Å². The Labute approximate surface area is 110 Å². The van der Waals surface area contributed by atoms with Gasteiger partial charge in [0, 0.05) is 12.6 Å². The highest BCUT2D eigenvalue weighted by molar-refractivity contribution is 5.78. The molecule has 1 saturated carbocycles. The first-order chi connectivity index (χ1) is 8.78. The van der Waals surface area contributed by atoms with Gasteiger partial charge in [-0.1, -0.05) is 6.92 Å². The van der Waals surface area contributed by atoms with E-state index in [-0.39, 0.29) is 5.91 Å². The Balaban J connectivity index is 1.52. The first-order valence-corrected chi connectivity index (χ1v) is 7.50. The molecule has 18 heavy (non-hydrogen) atoms. The van der Waals surface area contributed by atoms with Crippen LogP contribution in [-0.2, 0) is 4.79 Å². The van der Waals surface area contributed by atoms with Gasteiger partial charge in [0.1, 0.15) is 0 Å². The summed E-state index contributed by atoms with van der Waals surface area (Å²) in [6.45, 7) is 7.17. The normalized spacial score (nSPS) is 22.1. The fraction of sp³-hybridized carbons (Fsp3) is 0.929. The number of rotatable bonds is 7. The molecule has 0 unspecified atom stereocenters. The number of amides is 1. The summed E-state index contributed by atoms with van der Waals surface area (Å²) in [4.78, 5) is 14.1. The van der Waals surface area contributed by atoms with Crippen LogP contribution in [0.25, 0.3) is 0 Å². The first-order valence-electron chi connectivity index (χ1n) is 7.50. The third-order valence-corrected chi connectivity index (χ3v) is 3.96. The van der Waals surface area contributed by atoms with E-state index < -0.39 is 0 Å². The Morgan fingerprint density at radius 1 is 1.22 bits per heavy atom. The van der Waals surface area contributed by atoms with Crippen LogP contribution < -0.4 is 10.6 Å². The largest absolute Gasteiger partial charge is 0.355 e. The Morgan fingerprint density at radius 2 is 1.94 bits per heavy atom. The van der Waals surface area contributed by atoms with Gasteiger partial charge in [0.05, 0.1) is 6.54 Å². The molecule has 4 heteroatoms. The molecule has 2 rings (SSSR count). The lowest BCUT2D eigenvalue weighted by Gasteiger charge is -2.32. The number of hydrogen-bond donors (Lipinski definition) is 2. The molecule has 104 valence electrons. The van der Waals surface area contributed by atoms with Crippen molar-refractivity contribution in [3.63, 3.8) is 0 Å². The molecule has 0 spiro atoms. The minimum absolute atomic E-state index is 0.165. The minimum Gasteiger partial charge on any atom is -0.355 e. The molecule has 1 amide bonds. The van der Waals surface area contributed by atoms with Crippen molar-refractivity contribution >= 4 is 5.91 Å². The second kappa shape index (κ2) is 7.10. The number of likely N-dealkylation sites (tertiary alicyclic amines) is 1. The number of nitrogens with one attached hydrogen (secondary N) is 2. The van der Waals surface area contributed by atoms with Crippen molar-refractivity contribution in [2.24, 2.45) is 5.92 Å². The van der Waals surface area contributed by atoms with Crippen molar-refractivity contribution in [2.75, 3.05) is 32.7 Å². The fourth-order valence-corrected chi connectivity index (χ4v) is 2.56. The minimum atomic E-state index is 0.165. The zero-order chi connectivity index (χ0) is 12.8. The van der Waals surface area contributed by atoms with Gasteiger partial charge in [-0.2, -0.15) is 0 Å². The highest BCUT2D eigenvalue weighted by Crippen LogP contribution is 2.27. The molecule has 0 radical (unpaired) electrons. The van der Waals surface area contributed by atoms with E-state index in [1.165, 1.54) is 51.7 Å². The van der Waals surface area contributed by atoms with Gasteiger partial charge in [-0.15, -0.1) is 0 Å². The molecule has 0 aromatic rings. The Bertz CT molecular complexity index is 258. The molecule has 0 aromatic heterocycles. The third kappa shape index (κ3) is 4.94. The van der Waals surface area contributed by atoms with E-state index in [0.29, 0.717) is 12.6 Å². The van der Waals surface area contributed by atoms with Crippen molar-refractivity contribution < 1.29 is 4.79 Å². The Morgan fingerprint density at radius 3 is 2.56 bits per heavy atom. The topological polar surface area (TPSA) is 44.4 Å². The molecule has 2 N–H and O–H groups in total. The fourth-order valence-electron chi connectivity index (χ4n) is 2.56. The van der Waals surface area contributed by atoms with E-state index in [1.807, 2.05) is 0 Å². The maximum absolute atomic E-state index is 11.6. The highest BCUT2D eigenvalue weighted by atomic mass is 16.1. The van der Waals surface area contributed by atoms with Crippen LogP contribution >= 0.6 is 0 Å². The molecule has 4 nitrogen and oxygen atoms in total. The lowest BCUT2D eigenvalue weighted by Crippen LogP contribution is -2.46. The average Bonchev–Trinajstić information content (AvgIpc) is 3.20. The maximum Gasteiger partial charge on any atom is 0.233 e. The van der Waals surface area contributed by atoms with Crippen LogP contribution in [0.1, 0.15) is 39.0 Å². The second-order valence-electron chi connectivity index (χ2n) is 5.74. The molecule has 2 aliphatic rings. The van der Waals surface area contributed by atoms with Crippen LogP contribution in [-0.4, -0.2) is 49.6 Å². The number of nitrogens with zero attached hydrogens (tertiary/aromatic N) is 1. The summed E-state index contributed by atoms with van der Waals surface area (Å²) in [6, 6.07) is 0.532. The lowest BCUT2D eigenvalue weighted by molar-refractivity contribution is -0.120. The summed E-state index contributed by atoms with van der Waals surface area (Å²) in [5, 5.41) is 6.39. The molecular weight excluding hydrogens is 226 g/mol. The Hall–Kier alpha value is -0.610. The summed E-state index contributed by atoms with van der Waals surface area (Å²) in [7, 11) is 0. The molecule has 1 heterocycles. The van der Waals surface area contributed by atoms with Gasteiger partial charge in [-0.05, 0) is 57.7 Å². The zero-order valence-electron chi connectivity index (χ0n) is 11.6. The van der Waals surface area contributed by atoms with Crippen LogP contribution in [0, 0.1) is 5.92 Å².